The van der Waals surface area contributed by atoms with Crippen molar-refractivity contribution >= 4 is 34.5 Å². The second kappa shape index (κ2) is 9.50. The maximum atomic E-state index is 13.3. The maximum absolute atomic E-state index is 13.3. The van der Waals surface area contributed by atoms with Crippen molar-refractivity contribution in [2.75, 3.05) is 18.0 Å². The van der Waals surface area contributed by atoms with Gasteiger partial charge in [0.1, 0.15) is 11.6 Å². The molecule has 182 valence electrons. The molecule has 2 aromatic carbocycles. The summed E-state index contributed by atoms with van der Waals surface area (Å²) >= 11 is 0. The maximum Gasteiger partial charge on any atom is 0.347 e. The highest BCUT2D eigenvalue weighted by molar-refractivity contribution is 6.11. The van der Waals surface area contributed by atoms with Crippen LogP contribution < -0.4 is 9.64 Å². The zero-order valence-electron chi connectivity index (χ0n) is 20.4. The molecule has 4 rings (SSSR count). The van der Waals surface area contributed by atoms with Crippen LogP contribution in [0.5, 0.6) is 5.75 Å². The SMILES string of the molecule is Cc1cc(/C=C/C(=O)c2cc3ccccc3nc2N2CC[C@H](O)C2)cc(C)c1OC(C)(C)C(=O)O. The van der Waals surface area contributed by atoms with Crippen molar-refractivity contribution in [1.29, 1.82) is 0 Å². The Morgan fingerprint density at radius 1 is 1.14 bits per heavy atom. The van der Waals surface area contributed by atoms with E-state index in [1.165, 1.54) is 19.9 Å². The number of rotatable bonds is 7. The van der Waals surface area contributed by atoms with Gasteiger partial charge in [0.2, 0.25) is 0 Å². The number of pyridine rings is 1. The van der Waals surface area contributed by atoms with Crippen molar-refractivity contribution in [3.8, 4) is 5.75 Å². The van der Waals surface area contributed by atoms with E-state index >= 15 is 0 Å². The Balaban J connectivity index is 1.64. The van der Waals surface area contributed by atoms with E-state index in [4.69, 9.17) is 9.72 Å². The normalized spacial score (nSPS) is 16.3. The lowest BCUT2D eigenvalue weighted by molar-refractivity contribution is -0.152. The minimum absolute atomic E-state index is 0.178. The number of anilines is 1. The van der Waals surface area contributed by atoms with Crippen molar-refractivity contribution in [2.45, 2.75) is 45.8 Å². The van der Waals surface area contributed by atoms with Gasteiger partial charge in [-0.15, -0.1) is 0 Å². The summed E-state index contributed by atoms with van der Waals surface area (Å²) in [5.41, 5.74) is 2.31. The Kier molecular flexibility index (Phi) is 6.63. The molecule has 0 amide bonds. The van der Waals surface area contributed by atoms with Gasteiger partial charge in [-0.05, 0) is 81.1 Å². The van der Waals surface area contributed by atoms with Gasteiger partial charge in [-0.25, -0.2) is 9.78 Å². The van der Waals surface area contributed by atoms with E-state index in [9.17, 15) is 19.8 Å². The first-order valence-electron chi connectivity index (χ1n) is 11.6. The molecule has 35 heavy (non-hydrogen) atoms. The van der Waals surface area contributed by atoms with Crippen LogP contribution in [0, 0.1) is 13.8 Å². The number of ether oxygens (including phenoxy) is 1. The van der Waals surface area contributed by atoms with Crippen LogP contribution in [0.15, 0.2) is 48.5 Å². The van der Waals surface area contributed by atoms with Crippen LogP contribution >= 0.6 is 0 Å². The molecule has 1 saturated heterocycles. The molecule has 1 fully saturated rings. The fourth-order valence-corrected chi connectivity index (χ4v) is 4.26. The second-order valence-electron chi connectivity index (χ2n) is 9.54. The number of ketones is 1. The number of carbonyl (C=O) groups excluding carboxylic acids is 1. The smallest absolute Gasteiger partial charge is 0.347 e. The van der Waals surface area contributed by atoms with Crippen molar-refractivity contribution in [3.63, 3.8) is 0 Å². The molecule has 0 radical (unpaired) electrons. The number of carboxylic acid groups (broad SMARTS) is 1. The summed E-state index contributed by atoms with van der Waals surface area (Å²) in [6, 6.07) is 13.2. The number of carboxylic acids is 1. The summed E-state index contributed by atoms with van der Waals surface area (Å²) in [7, 11) is 0. The fourth-order valence-electron chi connectivity index (χ4n) is 4.26. The number of allylic oxidation sites excluding steroid dienone is 1. The fraction of sp³-hybridized carbons (Fsp3) is 0.321. The van der Waals surface area contributed by atoms with Crippen LogP contribution in [-0.2, 0) is 4.79 Å². The molecule has 7 nitrogen and oxygen atoms in total. The number of para-hydroxylation sites is 1. The van der Waals surface area contributed by atoms with E-state index in [2.05, 4.69) is 0 Å². The number of aliphatic hydroxyl groups is 1. The predicted molar refractivity (Wildman–Crippen MR) is 136 cm³/mol. The molecule has 1 aromatic heterocycles. The van der Waals surface area contributed by atoms with Crippen LogP contribution in [0.3, 0.4) is 0 Å². The number of carbonyl (C=O) groups is 2. The third-order valence-corrected chi connectivity index (χ3v) is 6.21. The molecule has 2 heterocycles. The number of aliphatic hydroxyl groups excluding tert-OH is 1. The minimum atomic E-state index is -1.36. The van der Waals surface area contributed by atoms with Gasteiger partial charge < -0.3 is 19.8 Å². The van der Waals surface area contributed by atoms with Gasteiger partial charge >= 0.3 is 5.97 Å². The lowest BCUT2D eigenvalue weighted by Crippen LogP contribution is -2.38. The van der Waals surface area contributed by atoms with Crippen LogP contribution in [-0.4, -0.2) is 51.7 Å². The molecule has 7 heteroatoms. The minimum Gasteiger partial charge on any atom is -0.478 e. The van der Waals surface area contributed by atoms with E-state index < -0.39 is 17.7 Å². The number of nitrogens with zero attached hydrogens (tertiary/aromatic N) is 2. The standard InChI is InChI=1S/C28H30N2O5/c1-17-13-19(14-18(2)25(17)35-28(3,4)27(33)34)9-10-24(32)22-15-20-7-5-6-8-23(20)29-26(22)30-12-11-21(31)16-30/h5-10,13-15,21,31H,11-12,16H2,1-4H3,(H,33,34)/b10-9+/t21-/m0/s1. The number of hydrogen-bond donors (Lipinski definition) is 2. The van der Waals surface area contributed by atoms with E-state index in [1.54, 1.807) is 6.08 Å². The van der Waals surface area contributed by atoms with E-state index in [1.807, 2.05) is 61.2 Å². The average Bonchev–Trinajstić information content (AvgIpc) is 3.25. The molecule has 0 bridgehead atoms. The number of benzene rings is 2. The van der Waals surface area contributed by atoms with Crippen LogP contribution in [0.2, 0.25) is 0 Å². The third-order valence-electron chi connectivity index (χ3n) is 6.21. The monoisotopic (exact) mass is 474 g/mol. The summed E-state index contributed by atoms with van der Waals surface area (Å²) < 4.78 is 5.77. The molecular weight excluding hydrogens is 444 g/mol. The van der Waals surface area contributed by atoms with Gasteiger partial charge in [0.15, 0.2) is 11.4 Å². The first-order chi connectivity index (χ1) is 16.5. The van der Waals surface area contributed by atoms with E-state index in [0.29, 0.717) is 36.6 Å². The number of aryl methyl sites for hydroxylation is 2. The summed E-state index contributed by atoms with van der Waals surface area (Å²) in [5.74, 6) is -0.116. The van der Waals surface area contributed by atoms with Crippen molar-refractivity contribution < 1.29 is 24.5 Å². The Hall–Kier alpha value is -3.71. The van der Waals surface area contributed by atoms with Gasteiger partial charge in [-0.3, -0.25) is 4.79 Å². The average molecular weight is 475 g/mol. The van der Waals surface area contributed by atoms with Gasteiger partial charge in [-0.2, -0.15) is 0 Å². The number of aromatic nitrogens is 1. The Morgan fingerprint density at radius 3 is 2.46 bits per heavy atom. The summed E-state index contributed by atoms with van der Waals surface area (Å²) in [6.07, 6.45) is 3.48. The molecule has 1 aliphatic rings. The third kappa shape index (κ3) is 5.20. The molecule has 1 aliphatic heterocycles. The van der Waals surface area contributed by atoms with Gasteiger partial charge in [0.05, 0.1) is 17.2 Å². The highest BCUT2D eigenvalue weighted by atomic mass is 16.5. The van der Waals surface area contributed by atoms with Crippen molar-refractivity contribution in [1.82, 2.24) is 4.98 Å². The largest absolute Gasteiger partial charge is 0.478 e. The summed E-state index contributed by atoms with van der Waals surface area (Å²) in [5, 5.41) is 20.3. The zero-order valence-corrected chi connectivity index (χ0v) is 20.4. The Morgan fingerprint density at radius 2 is 1.83 bits per heavy atom. The molecule has 0 aliphatic carbocycles. The lowest BCUT2D eigenvalue weighted by Gasteiger charge is -2.24. The van der Waals surface area contributed by atoms with Crippen molar-refractivity contribution in [3.05, 3.63) is 70.8 Å². The lowest BCUT2D eigenvalue weighted by atomic mass is 10.0. The van der Waals surface area contributed by atoms with Gasteiger partial charge in [0, 0.05) is 18.5 Å². The van der Waals surface area contributed by atoms with Crippen LogP contribution in [0.1, 0.15) is 47.3 Å². The van der Waals surface area contributed by atoms with Crippen LogP contribution in [0.25, 0.3) is 17.0 Å². The van der Waals surface area contributed by atoms with Gasteiger partial charge in [0.25, 0.3) is 0 Å². The number of hydrogen-bond acceptors (Lipinski definition) is 6. The molecule has 2 N–H and O–H groups in total. The quantitative estimate of drug-likeness (QED) is 0.382. The van der Waals surface area contributed by atoms with E-state index in [-0.39, 0.29) is 5.78 Å². The topological polar surface area (TPSA) is 100.0 Å². The molecule has 0 unspecified atom stereocenters. The second-order valence-corrected chi connectivity index (χ2v) is 9.54. The van der Waals surface area contributed by atoms with Gasteiger partial charge in [-0.1, -0.05) is 24.3 Å². The summed E-state index contributed by atoms with van der Waals surface area (Å²) in [6.45, 7) is 7.81. The Bertz CT molecular complexity index is 1310. The summed E-state index contributed by atoms with van der Waals surface area (Å²) in [4.78, 5) is 31.5. The first-order valence-corrected chi connectivity index (χ1v) is 11.6. The molecule has 1 atom stereocenters. The molecular formula is C28H30N2O5. The van der Waals surface area contributed by atoms with E-state index in [0.717, 1.165) is 27.6 Å². The van der Waals surface area contributed by atoms with Crippen LogP contribution in [0.4, 0.5) is 5.82 Å². The first kappa shape index (κ1) is 24.4. The molecule has 0 spiro atoms. The molecule has 0 saturated carbocycles. The molecule has 3 aromatic rings. The zero-order chi connectivity index (χ0) is 25.3. The predicted octanol–water partition coefficient (Wildman–Crippen LogP) is 4.56. The Labute approximate surface area is 204 Å². The number of fused-ring (bicyclic) bond motifs is 1. The highest BCUT2D eigenvalue weighted by Gasteiger charge is 2.30. The number of aliphatic carboxylic acids is 1. The highest BCUT2D eigenvalue weighted by Crippen LogP contribution is 2.30. The van der Waals surface area contributed by atoms with Crippen molar-refractivity contribution in [2.24, 2.45) is 0 Å². The number of β-amino-alcohol motifs (C(OH)–C–C–N with tert-alkyl or cyclic N) is 1.